The maximum atomic E-state index is 13.4. The Bertz CT molecular complexity index is 1420. The molecule has 0 radical (unpaired) electrons. The van der Waals surface area contributed by atoms with Crippen LogP contribution in [0.2, 0.25) is 0 Å². The highest BCUT2D eigenvalue weighted by molar-refractivity contribution is 5.84. The Kier molecular flexibility index (Phi) is 4.35. The van der Waals surface area contributed by atoms with Crippen molar-refractivity contribution >= 4 is 16.7 Å². The summed E-state index contributed by atoms with van der Waals surface area (Å²) in [5.74, 6) is -0.302. The maximum absolute atomic E-state index is 13.4. The average molecular weight is 399 g/mol. The van der Waals surface area contributed by atoms with E-state index in [1.165, 1.54) is 12.1 Å². The van der Waals surface area contributed by atoms with Crippen LogP contribution < -0.4 is 5.56 Å². The van der Waals surface area contributed by atoms with Crippen molar-refractivity contribution in [1.29, 1.82) is 0 Å². The van der Waals surface area contributed by atoms with Crippen molar-refractivity contribution in [1.82, 2.24) is 24.4 Å². The molecule has 6 nitrogen and oxygen atoms in total. The molecule has 30 heavy (non-hydrogen) atoms. The predicted octanol–water partition coefficient (Wildman–Crippen LogP) is 3.86. The van der Waals surface area contributed by atoms with Gasteiger partial charge in [-0.3, -0.25) is 4.79 Å². The molecule has 0 bridgehead atoms. The monoisotopic (exact) mass is 399 g/mol. The molecule has 0 spiro atoms. The highest BCUT2D eigenvalue weighted by Crippen LogP contribution is 2.29. The van der Waals surface area contributed by atoms with Crippen LogP contribution in [0.4, 0.5) is 4.39 Å². The Morgan fingerprint density at radius 3 is 2.47 bits per heavy atom. The summed E-state index contributed by atoms with van der Waals surface area (Å²) in [5.41, 5.74) is 4.65. The molecule has 0 aliphatic carbocycles. The van der Waals surface area contributed by atoms with Gasteiger partial charge in [-0.2, -0.15) is 5.10 Å². The molecule has 0 N–H and O–H groups in total. The Morgan fingerprint density at radius 2 is 1.73 bits per heavy atom. The zero-order valence-corrected chi connectivity index (χ0v) is 16.3. The van der Waals surface area contributed by atoms with Crippen molar-refractivity contribution in [3.05, 3.63) is 94.3 Å². The van der Waals surface area contributed by atoms with Crippen LogP contribution in [0.5, 0.6) is 0 Å². The number of hydrogen-bond acceptors (Lipinski definition) is 4. The van der Waals surface area contributed by atoms with Crippen molar-refractivity contribution in [2.75, 3.05) is 0 Å². The first kappa shape index (κ1) is 18.2. The highest BCUT2D eigenvalue weighted by Gasteiger charge is 2.18. The van der Waals surface area contributed by atoms with Crippen LogP contribution >= 0.6 is 0 Å². The van der Waals surface area contributed by atoms with Crippen molar-refractivity contribution in [3.63, 3.8) is 0 Å². The number of halogens is 1. The van der Waals surface area contributed by atoms with E-state index in [0.717, 1.165) is 22.4 Å². The van der Waals surface area contributed by atoms with Crippen molar-refractivity contribution in [3.8, 4) is 11.1 Å². The molecule has 0 aliphatic rings. The van der Waals surface area contributed by atoms with E-state index < -0.39 is 0 Å². The Balaban J connectivity index is 1.70. The maximum Gasteiger partial charge on any atom is 0.280 e. The molecular formula is C23H18FN5O. The molecule has 3 heterocycles. The van der Waals surface area contributed by atoms with Gasteiger partial charge in [0, 0.05) is 6.20 Å². The lowest BCUT2D eigenvalue weighted by Gasteiger charge is -2.07. The molecule has 3 aromatic heterocycles. The first-order valence-electron chi connectivity index (χ1n) is 9.73. The molecule has 0 atom stereocenters. The molecular weight excluding hydrogens is 381 g/mol. The van der Waals surface area contributed by atoms with Crippen LogP contribution in [-0.2, 0) is 13.0 Å². The Hall–Kier alpha value is -3.87. The van der Waals surface area contributed by atoms with Gasteiger partial charge in [-0.05, 0) is 35.7 Å². The van der Waals surface area contributed by atoms with E-state index in [0.29, 0.717) is 24.1 Å². The van der Waals surface area contributed by atoms with Gasteiger partial charge in [0.15, 0.2) is 11.2 Å². The van der Waals surface area contributed by atoms with E-state index in [9.17, 15) is 9.18 Å². The van der Waals surface area contributed by atoms with Gasteiger partial charge in [-0.25, -0.2) is 8.91 Å². The lowest BCUT2D eigenvalue weighted by molar-refractivity contribution is 0.628. The topological polar surface area (TPSA) is 65.1 Å². The van der Waals surface area contributed by atoms with Crippen LogP contribution in [0.3, 0.4) is 0 Å². The number of aryl methyl sites for hydroxylation is 1. The summed E-state index contributed by atoms with van der Waals surface area (Å²) in [4.78, 5) is 13.0. The summed E-state index contributed by atoms with van der Waals surface area (Å²) in [6.45, 7) is 2.45. The molecule has 0 fully saturated rings. The van der Waals surface area contributed by atoms with E-state index in [1.54, 1.807) is 27.4 Å². The molecule has 0 saturated heterocycles. The minimum absolute atomic E-state index is 0.220. The minimum atomic E-state index is -0.302. The van der Waals surface area contributed by atoms with Gasteiger partial charge in [-0.15, -0.1) is 10.2 Å². The molecule has 0 amide bonds. The number of aromatic nitrogens is 5. The van der Waals surface area contributed by atoms with Crippen molar-refractivity contribution in [2.24, 2.45) is 0 Å². The van der Waals surface area contributed by atoms with Crippen molar-refractivity contribution in [2.45, 2.75) is 19.9 Å². The fourth-order valence-electron chi connectivity index (χ4n) is 3.69. The number of fused-ring (bicyclic) bond motifs is 3. The van der Waals surface area contributed by atoms with Gasteiger partial charge in [0.2, 0.25) is 0 Å². The van der Waals surface area contributed by atoms with E-state index in [2.05, 4.69) is 15.3 Å². The first-order chi connectivity index (χ1) is 14.7. The summed E-state index contributed by atoms with van der Waals surface area (Å²) in [7, 11) is 0. The van der Waals surface area contributed by atoms with Crippen LogP contribution in [0.1, 0.15) is 18.2 Å². The Morgan fingerprint density at radius 1 is 0.967 bits per heavy atom. The van der Waals surface area contributed by atoms with Gasteiger partial charge in [0.05, 0.1) is 17.8 Å². The largest absolute Gasteiger partial charge is 0.309 e. The zero-order valence-electron chi connectivity index (χ0n) is 16.3. The second-order valence-corrected chi connectivity index (χ2v) is 7.09. The average Bonchev–Trinajstić information content (AvgIpc) is 3.16. The molecule has 0 saturated carbocycles. The number of benzene rings is 2. The fourth-order valence-corrected chi connectivity index (χ4v) is 3.69. The highest BCUT2D eigenvalue weighted by atomic mass is 19.1. The van der Waals surface area contributed by atoms with E-state index in [-0.39, 0.29) is 16.9 Å². The third-order valence-corrected chi connectivity index (χ3v) is 5.19. The second kappa shape index (κ2) is 7.18. The molecule has 5 rings (SSSR count). The predicted molar refractivity (Wildman–Crippen MR) is 113 cm³/mol. The normalized spacial score (nSPS) is 11.4. The molecule has 148 valence electrons. The van der Waals surface area contributed by atoms with Crippen LogP contribution in [0.15, 0.2) is 71.7 Å². The number of rotatable bonds is 4. The lowest BCUT2D eigenvalue weighted by atomic mass is 10.0. The van der Waals surface area contributed by atoms with Crippen molar-refractivity contribution < 1.29 is 4.39 Å². The quantitative estimate of drug-likeness (QED) is 0.460. The van der Waals surface area contributed by atoms with Gasteiger partial charge >= 0.3 is 0 Å². The third kappa shape index (κ3) is 2.95. The van der Waals surface area contributed by atoms with Gasteiger partial charge in [0.1, 0.15) is 11.3 Å². The summed E-state index contributed by atoms with van der Waals surface area (Å²) < 4.78 is 16.7. The van der Waals surface area contributed by atoms with E-state index >= 15 is 0 Å². The van der Waals surface area contributed by atoms with E-state index in [1.807, 2.05) is 43.3 Å². The molecule has 5 aromatic rings. The van der Waals surface area contributed by atoms with Gasteiger partial charge in [-0.1, -0.05) is 49.4 Å². The van der Waals surface area contributed by atoms with Gasteiger partial charge in [0.25, 0.3) is 5.56 Å². The number of pyridine rings is 1. The molecule has 7 heteroatoms. The first-order valence-corrected chi connectivity index (χ1v) is 9.73. The van der Waals surface area contributed by atoms with Crippen LogP contribution in [0.25, 0.3) is 27.8 Å². The lowest BCUT2D eigenvalue weighted by Crippen LogP contribution is -2.22. The fraction of sp³-hybridized carbons (Fsp3) is 0.130. The van der Waals surface area contributed by atoms with Crippen LogP contribution in [-0.4, -0.2) is 24.4 Å². The second-order valence-electron chi connectivity index (χ2n) is 7.09. The zero-order chi connectivity index (χ0) is 20.7. The van der Waals surface area contributed by atoms with Crippen LogP contribution in [0, 0.1) is 5.82 Å². The van der Waals surface area contributed by atoms with Gasteiger partial charge < -0.3 is 4.57 Å². The smallest absolute Gasteiger partial charge is 0.280 e. The van der Waals surface area contributed by atoms with E-state index in [4.69, 9.17) is 0 Å². The molecule has 0 unspecified atom stereocenters. The molecule has 2 aromatic carbocycles. The summed E-state index contributed by atoms with van der Waals surface area (Å²) in [6, 6.07) is 17.8. The SMILES string of the molecule is CCc1nn2c(nnc3c(=O)n(Cc4ccccc4)ccc32)c1-c1ccc(F)cc1. The standard InChI is InChI=1S/C23H18FN5O/c1-2-18-20(16-8-10-17(24)11-9-16)22-26-25-21-19(29(22)27-18)12-13-28(23(21)30)14-15-6-4-3-5-7-15/h3-13H,2,14H2,1H3. The Labute approximate surface area is 171 Å². The summed E-state index contributed by atoms with van der Waals surface area (Å²) >= 11 is 0. The third-order valence-electron chi connectivity index (χ3n) is 5.19. The number of hydrogen-bond donors (Lipinski definition) is 0. The summed E-state index contributed by atoms with van der Waals surface area (Å²) in [5, 5.41) is 13.3. The summed E-state index contributed by atoms with van der Waals surface area (Å²) in [6.07, 6.45) is 2.42. The minimum Gasteiger partial charge on any atom is -0.309 e. The molecule has 0 aliphatic heterocycles. The number of nitrogens with zero attached hydrogens (tertiary/aromatic N) is 5.